The molecule has 0 atom stereocenters. The van der Waals surface area contributed by atoms with Crippen molar-refractivity contribution in [2.24, 2.45) is 10.4 Å². The van der Waals surface area contributed by atoms with Gasteiger partial charge in [-0.3, -0.25) is 4.99 Å². The third-order valence-corrected chi connectivity index (χ3v) is 3.70. The maximum Gasteiger partial charge on any atom is 0.191 e. The van der Waals surface area contributed by atoms with Gasteiger partial charge in [0.1, 0.15) is 0 Å². The van der Waals surface area contributed by atoms with Crippen molar-refractivity contribution in [3.63, 3.8) is 0 Å². The van der Waals surface area contributed by atoms with Gasteiger partial charge in [0, 0.05) is 41.0 Å². The predicted octanol–water partition coefficient (Wildman–Crippen LogP) is 1.62. The molecular formula is C13H28IN3O2. The maximum absolute atomic E-state index is 5.20. The lowest BCUT2D eigenvalue weighted by molar-refractivity contribution is 0.0732. The largest absolute Gasteiger partial charge is 0.385 e. The zero-order chi connectivity index (χ0) is 13.3. The summed E-state index contributed by atoms with van der Waals surface area (Å²) in [6.45, 7) is 3.29. The number of aliphatic imine (C=N–C) groups is 1. The van der Waals surface area contributed by atoms with Gasteiger partial charge in [-0.1, -0.05) is 6.42 Å². The number of hydrogen-bond donors (Lipinski definition) is 2. The molecule has 0 aromatic rings. The Kier molecular flexibility index (Phi) is 10.6. The van der Waals surface area contributed by atoms with Gasteiger partial charge in [-0.25, -0.2) is 0 Å². The highest BCUT2D eigenvalue weighted by Gasteiger charge is 2.36. The standard InChI is InChI=1S/C13H27N3O2.HI/c1-14-12(15-8-10-18-3)16-11-13(5-4-6-13)7-9-17-2;/h4-11H2,1-3H3,(H2,14,15,16);1H. The van der Waals surface area contributed by atoms with Crippen LogP contribution in [0.25, 0.3) is 0 Å². The molecule has 114 valence electrons. The minimum absolute atomic E-state index is 0. The van der Waals surface area contributed by atoms with E-state index in [0.717, 1.165) is 32.1 Å². The molecule has 0 amide bonds. The van der Waals surface area contributed by atoms with Gasteiger partial charge in [0.25, 0.3) is 0 Å². The number of halogens is 1. The van der Waals surface area contributed by atoms with Crippen molar-refractivity contribution in [2.45, 2.75) is 25.7 Å². The Hall–Kier alpha value is -0.0800. The smallest absolute Gasteiger partial charge is 0.191 e. The van der Waals surface area contributed by atoms with Crippen LogP contribution in [0.3, 0.4) is 0 Å². The van der Waals surface area contributed by atoms with E-state index in [2.05, 4.69) is 15.6 Å². The van der Waals surface area contributed by atoms with E-state index in [1.54, 1.807) is 21.3 Å². The molecule has 0 aliphatic heterocycles. The first-order chi connectivity index (χ1) is 8.76. The molecule has 0 aromatic carbocycles. The number of nitrogens with zero attached hydrogens (tertiary/aromatic N) is 1. The molecule has 1 aliphatic rings. The topological polar surface area (TPSA) is 54.9 Å². The van der Waals surface area contributed by atoms with Gasteiger partial charge < -0.3 is 20.1 Å². The lowest BCUT2D eigenvalue weighted by Crippen LogP contribution is -2.47. The van der Waals surface area contributed by atoms with Crippen LogP contribution in [-0.4, -0.2) is 53.5 Å². The van der Waals surface area contributed by atoms with E-state index in [0.29, 0.717) is 12.0 Å². The van der Waals surface area contributed by atoms with Crippen molar-refractivity contribution in [3.05, 3.63) is 0 Å². The van der Waals surface area contributed by atoms with Gasteiger partial charge in [0.15, 0.2) is 5.96 Å². The van der Waals surface area contributed by atoms with Crippen LogP contribution in [0, 0.1) is 5.41 Å². The Labute approximate surface area is 133 Å². The zero-order valence-corrected chi connectivity index (χ0v) is 14.7. The number of methoxy groups -OCH3 is 2. The molecule has 0 radical (unpaired) electrons. The molecule has 1 fully saturated rings. The summed E-state index contributed by atoms with van der Waals surface area (Å²) in [4.78, 5) is 4.21. The van der Waals surface area contributed by atoms with Crippen LogP contribution in [0.5, 0.6) is 0 Å². The first kappa shape index (κ1) is 18.9. The monoisotopic (exact) mass is 385 g/mol. The molecule has 1 rings (SSSR count). The van der Waals surface area contributed by atoms with Gasteiger partial charge >= 0.3 is 0 Å². The van der Waals surface area contributed by atoms with Crippen LogP contribution in [0.15, 0.2) is 4.99 Å². The van der Waals surface area contributed by atoms with Crippen molar-refractivity contribution >= 4 is 29.9 Å². The average molecular weight is 385 g/mol. The molecule has 1 aliphatic carbocycles. The van der Waals surface area contributed by atoms with Gasteiger partial charge in [0.05, 0.1) is 6.61 Å². The highest BCUT2D eigenvalue weighted by atomic mass is 127. The van der Waals surface area contributed by atoms with Crippen molar-refractivity contribution in [1.82, 2.24) is 10.6 Å². The molecule has 1 saturated carbocycles. The molecule has 0 aromatic heterocycles. The minimum atomic E-state index is 0. The summed E-state index contributed by atoms with van der Waals surface area (Å²) in [7, 11) is 5.27. The first-order valence-corrected chi connectivity index (χ1v) is 6.69. The Balaban J connectivity index is 0.00000324. The molecule has 19 heavy (non-hydrogen) atoms. The van der Waals surface area contributed by atoms with Crippen LogP contribution in [0.4, 0.5) is 0 Å². The van der Waals surface area contributed by atoms with Crippen LogP contribution in [-0.2, 0) is 9.47 Å². The zero-order valence-electron chi connectivity index (χ0n) is 12.3. The maximum atomic E-state index is 5.20. The Morgan fingerprint density at radius 3 is 2.32 bits per heavy atom. The molecule has 0 unspecified atom stereocenters. The van der Waals surface area contributed by atoms with Gasteiger partial charge in [-0.2, -0.15) is 0 Å². The fourth-order valence-corrected chi connectivity index (χ4v) is 2.27. The lowest BCUT2D eigenvalue weighted by Gasteiger charge is -2.42. The summed E-state index contributed by atoms with van der Waals surface area (Å²) in [5.74, 6) is 0.857. The number of nitrogens with one attached hydrogen (secondary N) is 2. The van der Waals surface area contributed by atoms with Crippen molar-refractivity contribution < 1.29 is 9.47 Å². The normalized spacial score (nSPS) is 17.3. The molecule has 0 heterocycles. The van der Waals surface area contributed by atoms with E-state index in [-0.39, 0.29) is 24.0 Å². The van der Waals surface area contributed by atoms with Gasteiger partial charge in [0.2, 0.25) is 0 Å². The fourth-order valence-electron chi connectivity index (χ4n) is 2.27. The molecule has 0 spiro atoms. The van der Waals surface area contributed by atoms with Crippen molar-refractivity contribution in [2.75, 3.05) is 47.6 Å². The van der Waals surface area contributed by atoms with E-state index in [9.17, 15) is 0 Å². The predicted molar refractivity (Wildman–Crippen MR) is 89.4 cm³/mol. The molecule has 5 nitrogen and oxygen atoms in total. The van der Waals surface area contributed by atoms with E-state index in [1.807, 2.05) is 0 Å². The minimum Gasteiger partial charge on any atom is -0.385 e. The second-order valence-electron chi connectivity index (χ2n) is 4.94. The molecular weight excluding hydrogens is 357 g/mol. The second kappa shape index (κ2) is 10.7. The summed E-state index contributed by atoms with van der Waals surface area (Å²) in [5.41, 5.74) is 0.412. The lowest BCUT2D eigenvalue weighted by atomic mass is 9.67. The second-order valence-corrected chi connectivity index (χ2v) is 4.94. The van der Waals surface area contributed by atoms with Crippen LogP contribution >= 0.6 is 24.0 Å². The number of rotatable bonds is 8. The Bertz CT molecular complexity index is 258. The third-order valence-electron chi connectivity index (χ3n) is 3.70. The SMILES string of the molecule is CN=C(NCCOC)NCC1(CCOC)CCC1.I. The third kappa shape index (κ3) is 6.76. The van der Waals surface area contributed by atoms with Crippen LogP contribution < -0.4 is 10.6 Å². The van der Waals surface area contributed by atoms with Gasteiger partial charge in [-0.15, -0.1) is 24.0 Å². The Morgan fingerprint density at radius 2 is 1.84 bits per heavy atom. The molecule has 2 N–H and O–H groups in total. The van der Waals surface area contributed by atoms with Crippen molar-refractivity contribution in [1.29, 1.82) is 0 Å². The van der Waals surface area contributed by atoms with Crippen molar-refractivity contribution in [3.8, 4) is 0 Å². The van der Waals surface area contributed by atoms with E-state index < -0.39 is 0 Å². The molecule has 0 saturated heterocycles. The summed E-state index contributed by atoms with van der Waals surface area (Å²) < 4.78 is 10.2. The quantitative estimate of drug-likeness (QED) is 0.289. The molecule has 0 bridgehead atoms. The number of guanidine groups is 1. The van der Waals surface area contributed by atoms with E-state index in [4.69, 9.17) is 9.47 Å². The summed E-state index contributed by atoms with van der Waals surface area (Å²) in [5, 5.41) is 6.64. The first-order valence-electron chi connectivity index (χ1n) is 6.69. The highest BCUT2D eigenvalue weighted by Crippen LogP contribution is 2.43. The van der Waals surface area contributed by atoms with Crippen LogP contribution in [0.1, 0.15) is 25.7 Å². The number of hydrogen-bond acceptors (Lipinski definition) is 3. The Morgan fingerprint density at radius 1 is 1.16 bits per heavy atom. The molecule has 6 heteroatoms. The fraction of sp³-hybridized carbons (Fsp3) is 0.923. The number of ether oxygens (including phenoxy) is 2. The van der Waals surface area contributed by atoms with Gasteiger partial charge in [-0.05, 0) is 24.7 Å². The van der Waals surface area contributed by atoms with E-state index >= 15 is 0 Å². The average Bonchev–Trinajstić information content (AvgIpc) is 2.35. The summed E-state index contributed by atoms with van der Waals surface area (Å²) in [6, 6.07) is 0. The highest BCUT2D eigenvalue weighted by molar-refractivity contribution is 14.0. The summed E-state index contributed by atoms with van der Waals surface area (Å²) in [6.07, 6.45) is 5.05. The van der Waals surface area contributed by atoms with E-state index in [1.165, 1.54) is 19.3 Å². The van der Waals surface area contributed by atoms with Crippen LogP contribution in [0.2, 0.25) is 0 Å². The summed E-state index contributed by atoms with van der Waals surface area (Å²) >= 11 is 0.